The molecule has 106 valence electrons. The smallest absolute Gasteiger partial charge is 0.252 e. The van der Waals surface area contributed by atoms with E-state index < -0.39 is 0 Å². The minimum Gasteiger partial charge on any atom is -0.352 e. The zero-order valence-corrected chi connectivity index (χ0v) is 11.6. The number of carbonyl (C=O) groups is 1. The Hall–Kier alpha value is -2.69. The molecule has 0 aliphatic heterocycles. The lowest BCUT2D eigenvalue weighted by Crippen LogP contribution is -2.25. The van der Waals surface area contributed by atoms with E-state index >= 15 is 0 Å². The summed E-state index contributed by atoms with van der Waals surface area (Å²) in [6.45, 7) is 1.48. The summed E-state index contributed by atoms with van der Waals surface area (Å²) in [6.07, 6.45) is 7.98. The van der Waals surface area contributed by atoms with Gasteiger partial charge in [0, 0.05) is 37.1 Å². The predicted molar refractivity (Wildman–Crippen MR) is 80.9 cm³/mol. The normalized spacial score (nSPS) is 10.7. The second-order valence-electron chi connectivity index (χ2n) is 4.79. The van der Waals surface area contributed by atoms with E-state index in [4.69, 9.17) is 0 Å². The van der Waals surface area contributed by atoms with Gasteiger partial charge in [0.1, 0.15) is 0 Å². The van der Waals surface area contributed by atoms with Gasteiger partial charge in [-0.2, -0.15) is 0 Å². The largest absolute Gasteiger partial charge is 0.352 e. The molecule has 0 bridgehead atoms. The van der Waals surface area contributed by atoms with Crippen molar-refractivity contribution in [3.63, 3.8) is 0 Å². The molecule has 0 spiro atoms. The summed E-state index contributed by atoms with van der Waals surface area (Å²) in [5.74, 6) is -0.0563. The molecule has 0 atom stereocenters. The highest BCUT2D eigenvalue weighted by molar-refractivity contribution is 6.05. The number of pyridine rings is 1. The van der Waals surface area contributed by atoms with Crippen LogP contribution in [0.4, 0.5) is 0 Å². The van der Waals surface area contributed by atoms with Crippen LogP contribution in [0.25, 0.3) is 10.9 Å². The number of aromatic nitrogens is 3. The number of nitrogens with zero attached hydrogens (tertiary/aromatic N) is 3. The molecule has 0 radical (unpaired) electrons. The van der Waals surface area contributed by atoms with Gasteiger partial charge in [0.15, 0.2) is 0 Å². The van der Waals surface area contributed by atoms with Gasteiger partial charge < -0.3 is 9.88 Å². The molecule has 1 amide bonds. The third-order valence-electron chi connectivity index (χ3n) is 3.33. The summed E-state index contributed by atoms with van der Waals surface area (Å²) in [5, 5.41) is 3.83. The van der Waals surface area contributed by atoms with Crippen molar-refractivity contribution in [3.8, 4) is 0 Å². The fourth-order valence-corrected chi connectivity index (χ4v) is 2.27. The summed E-state index contributed by atoms with van der Waals surface area (Å²) in [6, 6.07) is 9.42. The lowest BCUT2D eigenvalue weighted by Gasteiger charge is -2.08. The molecule has 2 aromatic heterocycles. The number of benzene rings is 1. The minimum absolute atomic E-state index is 0.0563. The Morgan fingerprint density at radius 1 is 1.19 bits per heavy atom. The molecule has 1 aromatic carbocycles. The maximum atomic E-state index is 12.3. The first-order valence-electron chi connectivity index (χ1n) is 6.92. The van der Waals surface area contributed by atoms with E-state index in [1.807, 2.05) is 35.0 Å². The molecule has 3 aromatic rings. The van der Waals surface area contributed by atoms with Crippen molar-refractivity contribution >= 4 is 16.8 Å². The highest BCUT2D eigenvalue weighted by Crippen LogP contribution is 2.15. The number of amides is 1. The average molecular weight is 280 g/mol. The Kier molecular flexibility index (Phi) is 3.91. The van der Waals surface area contributed by atoms with Crippen LogP contribution < -0.4 is 5.32 Å². The van der Waals surface area contributed by atoms with Gasteiger partial charge in [0.25, 0.3) is 5.91 Å². The lowest BCUT2D eigenvalue weighted by molar-refractivity contribution is 0.0954. The van der Waals surface area contributed by atoms with E-state index in [-0.39, 0.29) is 5.91 Å². The van der Waals surface area contributed by atoms with Gasteiger partial charge in [-0.25, -0.2) is 4.98 Å². The van der Waals surface area contributed by atoms with Crippen LogP contribution in [0.15, 0.2) is 55.2 Å². The molecule has 3 rings (SSSR count). The van der Waals surface area contributed by atoms with Gasteiger partial charge in [-0.3, -0.25) is 9.78 Å². The van der Waals surface area contributed by atoms with Crippen molar-refractivity contribution in [2.24, 2.45) is 0 Å². The SMILES string of the molecule is O=C(NCCCn1ccnc1)c1ccnc2ccccc12. The molecule has 0 unspecified atom stereocenters. The first-order chi connectivity index (χ1) is 10.3. The maximum Gasteiger partial charge on any atom is 0.252 e. The van der Waals surface area contributed by atoms with Crippen LogP contribution in [0.5, 0.6) is 0 Å². The monoisotopic (exact) mass is 280 g/mol. The Morgan fingerprint density at radius 2 is 2.10 bits per heavy atom. The molecular formula is C16H16N4O. The summed E-state index contributed by atoms with van der Waals surface area (Å²) in [5.41, 5.74) is 1.51. The Labute approximate surface area is 122 Å². The number of nitrogens with one attached hydrogen (secondary N) is 1. The molecular weight excluding hydrogens is 264 g/mol. The van der Waals surface area contributed by atoms with Gasteiger partial charge in [-0.15, -0.1) is 0 Å². The van der Waals surface area contributed by atoms with Gasteiger partial charge in [-0.1, -0.05) is 18.2 Å². The van der Waals surface area contributed by atoms with Crippen LogP contribution in [0.1, 0.15) is 16.8 Å². The Balaban J connectivity index is 1.62. The fraction of sp³-hybridized carbons (Fsp3) is 0.188. The van der Waals surface area contributed by atoms with E-state index in [1.54, 1.807) is 24.8 Å². The third kappa shape index (κ3) is 3.08. The zero-order valence-electron chi connectivity index (χ0n) is 11.6. The first-order valence-corrected chi connectivity index (χ1v) is 6.92. The topological polar surface area (TPSA) is 59.8 Å². The molecule has 5 heteroatoms. The van der Waals surface area contributed by atoms with E-state index in [1.165, 1.54) is 0 Å². The van der Waals surface area contributed by atoms with Crippen molar-refractivity contribution in [1.82, 2.24) is 19.9 Å². The number of rotatable bonds is 5. The minimum atomic E-state index is -0.0563. The number of para-hydroxylation sites is 1. The molecule has 2 heterocycles. The predicted octanol–water partition coefficient (Wildman–Crippen LogP) is 2.25. The number of carbonyl (C=O) groups excluding carboxylic acids is 1. The van der Waals surface area contributed by atoms with E-state index in [2.05, 4.69) is 15.3 Å². The molecule has 21 heavy (non-hydrogen) atoms. The summed E-state index contributed by atoms with van der Waals surface area (Å²) in [7, 11) is 0. The number of hydrogen-bond acceptors (Lipinski definition) is 3. The molecule has 5 nitrogen and oxygen atoms in total. The molecule has 0 saturated heterocycles. The van der Waals surface area contributed by atoms with Gasteiger partial charge in [0.05, 0.1) is 17.4 Å². The van der Waals surface area contributed by atoms with Crippen molar-refractivity contribution in [1.29, 1.82) is 0 Å². The lowest BCUT2D eigenvalue weighted by atomic mass is 10.1. The average Bonchev–Trinajstić information content (AvgIpc) is 3.04. The fourth-order valence-electron chi connectivity index (χ4n) is 2.27. The van der Waals surface area contributed by atoms with Gasteiger partial charge in [-0.05, 0) is 18.6 Å². The second kappa shape index (κ2) is 6.17. The first kappa shape index (κ1) is 13.3. The van der Waals surface area contributed by atoms with E-state index in [0.29, 0.717) is 12.1 Å². The number of imidazole rings is 1. The van der Waals surface area contributed by atoms with Crippen LogP contribution in [0.3, 0.4) is 0 Å². The maximum absolute atomic E-state index is 12.3. The van der Waals surface area contributed by atoms with Crippen LogP contribution in [0, 0.1) is 0 Å². The highest BCUT2D eigenvalue weighted by Gasteiger charge is 2.09. The van der Waals surface area contributed by atoms with Crippen molar-refractivity contribution in [2.75, 3.05) is 6.54 Å². The molecule has 1 N–H and O–H groups in total. The van der Waals surface area contributed by atoms with Crippen LogP contribution >= 0.6 is 0 Å². The molecule has 0 saturated carbocycles. The Bertz CT molecular complexity index is 732. The zero-order chi connectivity index (χ0) is 14.5. The van der Waals surface area contributed by atoms with Crippen molar-refractivity contribution < 1.29 is 4.79 Å². The van der Waals surface area contributed by atoms with Crippen molar-refractivity contribution in [3.05, 3.63) is 60.8 Å². The van der Waals surface area contributed by atoms with Crippen molar-refractivity contribution in [2.45, 2.75) is 13.0 Å². The second-order valence-corrected chi connectivity index (χ2v) is 4.79. The number of hydrogen-bond donors (Lipinski definition) is 1. The Morgan fingerprint density at radius 3 is 2.95 bits per heavy atom. The van der Waals surface area contributed by atoms with Gasteiger partial charge >= 0.3 is 0 Å². The van der Waals surface area contributed by atoms with E-state index in [9.17, 15) is 4.79 Å². The standard InChI is InChI=1S/C16H16N4O/c21-16(19-7-3-10-20-11-9-17-12-20)14-6-8-18-15-5-2-1-4-13(14)15/h1-2,4-6,8-9,11-12H,3,7,10H2,(H,19,21). The summed E-state index contributed by atoms with van der Waals surface area (Å²) < 4.78 is 1.99. The van der Waals surface area contributed by atoms with Gasteiger partial charge in [0.2, 0.25) is 0 Å². The summed E-state index contributed by atoms with van der Waals surface area (Å²) in [4.78, 5) is 20.5. The van der Waals surface area contributed by atoms with Crippen LogP contribution in [-0.2, 0) is 6.54 Å². The highest BCUT2D eigenvalue weighted by atomic mass is 16.1. The van der Waals surface area contributed by atoms with Crippen LogP contribution in [-0.4, -0.2) is 27.0 Å². The van der Waals surface area contributed by atoms with E-state index in [0.717, 1.165) is 23.9 Å². The molecule has 0 fully saturated rings. The third-order valence-corrected chi connectivity index (χ3v) is 3.33. The number of fused-ring (bicyclic) bond motifs is 1. The molecule has 0 aliphatic rings. The quantitative estimate of drug-likeness (QED) is 0.729. The van der Waals surface area contributed by atoms with Crippen LogP contribution in [0.2, 0.25) is 0 Å². The number of aryl methyl sites for hydroxylation is 1. The molecule has 0 aliphatic carbocycles. The summed E-state index contributed by atoms with van der Waals surface area (Å²) >= 11 is 0.